The van der Waals surface area contributed by atoms with Crippen molar-refractivity contribution >= 4 is 10.0 Å². The Bertz CT molecular complexity index is 687. The molecule has 0 unspecified atom stereocenters. The standard InChI is InChI=1S/C13H13FN2O3S/c1-19-11-6-4-10(5-7-11)9-16-20(17,18)13-12(14)3-2-8-15-13/h2-8,16H,9H2,1H3. The van der Waals surface area contributed by atoms with Crippen molar-refractivity contribution in [2.75, 3.05) is 7.11 Å². The van der Waals surface area contributed by atoms with E-state index >= 15 is 0 Å². The first-order valence-corrected chi connectivity index (χ1v) is 7.24. The molecular weight excluding hydrogens is 283 g/mol. The fourth-order valence-electron chi connectivity index (χ4n) is 1.56. The second-order valence-electron chi connectivity index (χ2n) is 3.96. The van der Waals surface area contributed by atoms with Crippen LogP contribution in [0.15, 0.2) is 47.6 Å². The highest BCUT2D eigenvalue weighted by molar-refractivity contribution is 7.89. The molecule has 0 bridgehead atoms. The zero-order chi connectivity index (χ0) is 14.6. The highest BCUT2D eigenvalue weighted by Gasteiger charge is 2.19. The van der Waals surface area contributed by atoms with Gasteiger partial charge in [0.1, 0.15) is 5.75 Å². The predicted octanol–water partition coefficient (Wildman–Crippen LogP) is 1.71. The summed E-state index contributed by atoms with van der Waals surface area (Å²) in [6, 6.07) is 9.25. The van der Waals surface area contributed by atoms with Crippen LogP contribution in [0.2, 0.25) is 0 Å². The molecule has 2 rings (SSSR count). The molecule has 2 aromatic rings. The van der Waals surface area contributed by atoms with Crippen molar-refractivity contribution in [1.29, 1.82) is 0 Å². The number of pyridine rings is 1. The van der Waals surface area contributed by atoms with Crippen LogP contribution in [0, 0.1) is 5.82 Å². The van der Waals surface area contributed by atoms with Crippen molar-refractivity contribution in [3.63, 3.8) is 0 Å². The quantitative estimate of drug-likeness (QED) is 0.912. The number of sulfonamides is 1. The lowest BCUT2D eigenvalue weighted by Gasteiger charge is -2.07. The number of rotatable bonds is 5. The Labute approximate surface area is 116 Å². The lowest BCUT2D eigenvalue weighted by molar-refractivity contribution is 0.414. The summed E-state index contributed by atoms with van der Waals surface area (Å²) in [5.41, 5.74) is 0.728. The van der Waals surface area contributed by atoms with E-state index in [0.29, 0.717) is 5.75 Å². The van der Waals surface area contributed by atoms with E-state index in [0.717, 1.165) is 11.6 Å². The van der Waals surface area contributed by atoms with Gasteiger partial charge in [-0.15, -0.1) is 0 Å². The number of hydrogen-bond donors (Lipinski definition) is 1. The van der Waals surface area contributed by atoms with Crippen LogP contribution in [0.1, 0.15) is 5.56 Å². The Morgan fingerprint density at radius 1 is 1.25 bits per heavy atom. The van der Waals surface area contributed by atoms with E-state index in [2.05, 4.69) is 9.71 Å². The minimum absolute atomic E-state index is 0.0440. The minimum atomic E-state index is -3.97. The van der Waals surface area contributed by atoms with Gasteiger partial charge in [-0.1, -0.05) is 12.1 Å². The smallest absolute Gasteiger partial charge is 0.261 e. The van der Waals surface area contributed by atoms with Crippen LogP contribution in [0.4, 0.5) is 4.39 Å². The van der Waals surface area contributed by atoms with E-state index in [9.17, 15) is 12.8 Å². The topological polar surface area (TPSA) is 68.3 Å². The maximum absolute atomic E-state index is 13.4. The molecule has 1 N–H and O–H groups in total. The molecule has 0 atom stereocenters. The molecule has 1 heterocycles. The van der Waals surface area contributed by atoms with Gasteiger partial charge in [-0.3, -0.25) is 0 Å². The Hall–Kier alpha value is -1.99. The molecule has 0 radical (unpaired) electrons. The molecule has 0 spiro atoms. The SMILES string of the molecule is COc1ccc(CNS(=O)(=O)c2ncccc2F)cc1. The molecule has 7 heteroatoms. The number of halogens is 1. The highest BCUT2D eigenvalue weighted by atomic mass is 32.2. The molecule has 20 heavy (non-hydrogen) atoms. The van der Waals surface area contributed by atoms with Crippen molar-refractivity contribution in [3.05, 3.63) is 54.0 Å². The summed E-state index contributed by atoms with van der Waals surface area (Å²) in [5, 5.41) is -0.603. The third kappa shape index (κ3) is 3.31. The van der Waals surface area contributed by atoms with Crippen molar-refractivity contribution < 1.29 is 17.5 Å². The molecule has 0 saturated carbocycles. The van der Waals surface area contributed by atoms with E-state index in [1.54, 1.807) is 31.4 Å². The van der Waals surface area contributed by atoms with Gasteiger partial charge in [-0.25, -0.2) is 22.5 Å². The summed E-state index contributed by atoms with van der Waals surface area (Å²) in [6.07, 6.45) is 1.23. The van der Waals surface area contributed by atoms with Crippen LogP contribution in [0.3, 0.4) is 0 Å². The molecule has 5 nitrogen and oxygen atoms in total. The number of ether oxygens (including phenoxy) is 1. The molecule has 106 valence electrons. The van der Waals surface area contributed by atoms with Gasteiger partial charge in [-0.2, -0.15) is 0 Å². The van der Waals surface area contributed by atoms with E-state index < -0.39 is 20.9 Å². The number of hydrogen-bond acceptors (Lipinski definition) is 4. The normalized spacial score (nSPS) is 11.3. The number of nitrogens with one attached hydrogen (secondary N) is 1. The first kappa shape index (κ1) is 14.4. The summed E-state index contributed by atoms with van der Waals surface area (Å²) in [7, 11) is -2.43. The first-order valence-electron chi connectivity index (χ1n) is 5.76. The van der Waals surface area contributed by atoms with E-state index in [-0.39, 0.29) is 6.54 Å². The Kier molecular flexibility index (Phi) is 4.31. The average Bonchev–Trinajstić information content (AvgIpc) is 2.46. The highest BCUT2D eigenvalue weighted by Crippen LogP contribution is 2.13. The largest absolute Gasteiger partial charge is 0.497 e. The van der Waals surface area contributed by atoms with Crippen molar-refractivity contribution in [2.24, 2.45) is 0 Å². The van der Waals surface area contributed by atoms with Gasteiger partial charge in [0.05, 0.1) is 7.11 Å². The second-order valence-corrected chi connectivity index (χ2v) is 5.65. The molecule has 0 aliphatic rings. The van der Waals surface area contributed by atoms with Crippen molar-refractivity contribution in [2.45, 2.75) is 11.6 Å². The fraction of sp³-hybridized carbons (Fsp3) is 0.154. The van der Waals surface area contributed by atoms with Crippen LogP contribution in [0.25, 0.3) is 0 Å². The van der Waals surface area contributed by atoms with Crippen molar-refractivity contribution in [1.82, 2.24) is 9.71 Å². The van der Waals surface area contributed by atoms with Crippen LogP contribution < -0.4 is 9.46 Å². The lowest BCUT2D eigenvalue weighted by atomic mass is 10.2. The molecule has 0 fully saturated rings. The third-order valence-electron chi connectivity index (χ3n) is 2.60. The van der Waals surface area contributed by atoms with Gasteiger partial charge in [0.15, 0.2) is 5.82 Å². The summed E-state index contributed by atoms with van der Waals surface area (Å²) in [4.78, 5) is 3.54. The molecule has 0 saturated heterocycles. The van der Waals surface area contributed by atoms with Gasteiger partial charge in [0, 0.05) is 12.7 Å². The zero-order valence-electron chi connectivity index (χ0n) is 10.7. The van der Waals surface area contributed by atoms with Gasteiger partial charge < -0.3 is 4.74 Å². The monoisotopic (exact) mass is 296 g/mol. The maximum Gasteiger partial charge on any atom is 0.261 e. The summed E-state index contributed by atoms with van der Waals surface area (Å²) in [5.74, 6) is -0.206. The molecule has 0 amide bonds. The van der Waals surface area contributed by atoms with E-state index in [1.165, 1.54) is 12.3 Å². The molecule has 1 aromatic heterocycles. The average molecular weight is 296 g/mol. The minimum Gasteiger partial charge on any atom is -0.497 e. The molecule has 0 aliphatic heterocycles. The number of benzene rings is 1. The van der Waals surface area contributed by atoms with Crippen LogP contribution in [0.5, 0.6) is 5.75 Å². The van der Waals surface area contributed by atoms with Gasteiger partial charge in [0.2, 0.25) is 5.03 Å². The van der Waals surface area contributed by atoms with Crippen molar-refractivity contribution in [3.8, 4) is 5.75 Å². The van der Waals surface area contributed by atoms with Crippen LogP contribution in [-0.2, 0) is 16.6 Å². The van der Waals surface area contributed by atoms with Crippen LogP contribution in [-0.4, -0.2) is 20.5 Å². The molecular formula is C13H13FN2O3S. The number of methoxy groups -OCH3 is 1. The second kappa shape index (κ2) is 5.98. The molecule has 0 aliphatic carbocycles. The van der Waals surface area contributed by atoms with E-state index in [1.807, 2.05) is 0 Å². The maximum atomic E-state index is 13.4. The summed E-state index contributed by atoms with van der Waals surface area (Å²) >= 11 is 0. The fourth-order valence-corrected chi connectivity index (χ4v) is 2.58. The van der Waals surface area contributed by atoms with E-state index in [4.69, 9.17) is 4.74 Å². The Morgan fingerprint density at radius 3 is 2.55 bits per heavy atom. The summed E-state index contributed by atoms with van der Waals surface area (Å²) < 4.78 is 44.5. The predicted molar refractivity (Wildman–Crippen MR) is 71.2 cm³/mol. The summed E-state index contributed by atoms with van der Waals surface area (Å²) in [6.45, 7) is 0.0440. The first-order chi connectivity index (χ1) is 9.53. The Morgan fingerprint density at radius 2 is 1.95 bits per heavy atom. The lowest BCUT2D eigenvalue weighted by Crippen LogP contribution is -2.25. The number of aromatic nitrogens is 1. The van der Waals surface area contributed by atoms with Gasteiger partial charge in [0.25, 0.3) is 10.0 Å². The molecule has 1 aromatic carbocycles. The van der Waals surface area contributed by atoms with Crippen LogP contribution >= 0.6 is 0 Å². The third-order valence-corrected chi connectivity index (χ3v) is 3.94. The van der Waals surface area contributed by atoms with Gasteiger partial charge >= 0.3 is 0 Å². The Balaban J connectivity index is 2.11. The van der Waals surface area contributed by atoms with Gasteiger partial charge in [-0.05, 0) is 29.8 Å². The number of nitrogens with zero attached hydrogens (tertiary/aromatic N) is 1. The zero-order valence-corrected chi connectivity index (χ0v) is 11.5.